The molecular weight excluding hydrogens is 391 g/mol. The zero-order valence-electron chi connectivity index (χ0n) is 14.2. The zero-order valence-corrected chi connectivity index (χ0v) is 15.7. The minimum absolute atomic E-state index is 0.114. The summed E-state index contributed by atoms with van der Waals surface area (Å²) in [6, 6.07) is 8.18. The average Bonchev–Trinajstić information content (AvgIpc) is 3.35. The van der Waals surface area contributed by atoms with Crippen molar-refractivity contribution in [2.45, 2.75) is 25.4 Å². The third kappa shape index (κ3) is 4.16. The van der Waals surface area contributed by atoms with E-state index in [1.807, 2.05) is 4.90 Å². The molecule has 2 aromatic heterocycles. The first-order valence-electron chi connectivity index (χ1n) is 8.46. The molecule has 3 aromatic rings. The normalized spacial score (nSPS) is 17.3. The number of carbonyl (C=O) groups excluding carboxylic acids is 1. The van der Waals surface area contributed by atoms with E-state index in [2.05, 4.69) is 15.5 Å². The Kier molecular flexibility index (Phi) is 5.15. The van der Waals surface area contributed by atoms with Crippen LogP contribution in [0.1, 0.15) is 18.7 Å². The molecule has 1 atom stereocenters. The highest BCUT2D eigenvalue weighted by Crippen LogP contribution is 2.25. The predicted octanol–water partition coefficient (Wildman–Crippen LogP) is 4.24. The third-order valence-corrected chi connectivity index (χ3v) is 4.78. The molecule has 140 valence electrons. The van der Waals surface area contributed by atoms with Crippen LogP contribution in [0, 0.1) is 0 Å². The minimum atomic E-state index is -0.290. The predicted molar refractivity (Wildman–Crippen MR) is 101 cm³/mol. The molecule has 4 rings (SSSR count). The minimum Gasteiger partial charge on any atom is -0.461 e. The van der Waals surface area contributed by atoms with Crippen LogP contribution in [0.15, 0.2) is 45.5 Å². The lowest BCUT2D eigenvalue weighted by Crippen LogP contribution is -2.39. The first-order valence-corrected chi connectivity index (χ1v) is 9.21. The second-order valence-corrected chi connectivity index (χ2v) is 7.14. The smallest absolute Gasteiger partial charge is 0.241 e. The molecule has 0 spiro atoms. The molecule has 1 aliphatic heterocycles. The first kappa shape index (κ1) is 18.0. The maximum Gasteiger partial charge on any atom is 0.241 e. The van der Waals surface area contributed by atoms with Crippen molar-refractivity contribution in [1.29, 1.82) is 0 Å². The first-order chi connectivity index (χ1) is 13.1. The van der Waals surface area contributed by atoms with Gasteiger partial charge in [-0.25, -0.2) is 0 Å². The van der Waals surface area contributed by atoms with Gasteiger partial charge in [0.25, 0.3) is 0 Å². The van der Waals surface area contributed by atoms with Gasteiger partial charge in [0.1, 0.15) is 0 Å². The highest BCUT2D eigenvalue weighted by atomic mass is 35.5. The highest BCUT2D eigenvalue weighted by molar-refractivity contribution is 6.35. The Labute approximate surface area is 165 Å². The Hall–Kier alpha value is -2.35. The fourth-order valence-electron chi connectivity index (χ4n) is 3.16. The summed E-state index contributed by atoms with van der Waals surface area (Å²) in [7, 11) is 0. The molecule has 3 heterocycles. The van der Waals surface area contributed by atoms with Gasteiger partial charge in [0.15, 0.2) is 5.76 Å². The van der Waals surface area contributed by atoms with Gasteiger partial charge in [-0.1, -0.05) is 28.4 Å². The number of nitrogens with zero attached hydrogens (tertiary/aromatic N) is 3. The quantitative estimate of drug-likeness (QED) is 0.681. The van der Waals surface area contributed by atoms with E-state index in [-0.39, 0.29) is 11.9 Å². The van der Waals surface area contributed by atoms with Crippen LogP contribution in [-0.4, -0.2) is 33.5 Å². The van der Waals surface area contributed by atoms with Crippen LogP contribution in [0.2, 0.25) is 10.0 Å². The molecule has 9 heteroatoms. The number of nitrogens with one attached hydrogen (secondary N) is 1. The van der Waals surface area contributed by atoms with E-state index in [4.69, 9.17) is 32.1 Å². The fraction of sp³-hybridized carbons (Fsp3) is 0.278. The fourth-order valence-corrected chi connectivity index (χ4v) is 3.69. The number of hydrogen-bond donors (Lipinski definition) is 1. The average molecular weight is 407 g/mol. The number of hydrogen-bond acceptors (Lipinski definition) is 6. The van der Waals surface area contributed by atoms with Crippen LogP contribution < -0.4 is 5.32 Å². The largest absolute Gasteiger partial charge is 0.461 e. The second kappa shape index (κ2) is 7.72. The van der Waals surface area contributed by atoms with E-state index in [9.17, 15) is 4.79 Å². The number of likely N-dealkylation sites (tertiary alicyclic amines) is 1. The molecule has 1 fully saturated rings. The molecule has 0 bridgehead atoms. The lowest BCUT2D eigenvalue weighted by atomic mass is 10.2. The van der Waals surface area contributed by atoms with Crippen molar-refractivity contribution >= 4 is 34.8 Å². The van der Waals surface area contributed by atoms with Gasteiger partial charge < -0.3 is 14.3 Å². The van der Waals surface area contributed by atoms with Crippen LogP contribution in [-0.2, 0) is 11.3 Å². The monoisotopic (exact) mass is 406 g/mol. The SMILES string of the molecule is O=C(Nc1cc(Cl)cc(Cl)c1)C1CCCN1Cc1nc(-c2ccco2)no1. The van der Waals surface area contributed by atoms with Crippen molar-refractivity contribution in [3.63, 3.8) is 0 Å². The molecule has 1 N–H and O–H groups in total. The van der Waals surface area contributed by atoms with Gasteiger partial charge in [-0.05, 0) is 49.7 Å². The number of rotatable bonds is 5. The van der Waals surface area contributed by atoms with Gasteiger partial charge in [0, 0.05) is 15.7 Å². The number of furan rings is 1. The summed E-state index contributed by atoms with van der Waals surface area (Å²) >= 11 is 12.0. The molecule has 27 heavy (non-hydrogen) atoms. The van der Waals surface area contributed by atoms with Crippen molar-refractivity contribution in [3.8, 4) is 11.6 Å². The molecule has 0 aliphatic carbocycles. The Morgan fingerprint density at radius 1 is 1.30 bits per heavy atom. The summed E-state index contributed by atoms with van der Waals surface area (Å²) in [6.07, 6.45) is 3.21. The van der Waals surface area contributed by atoms with E-state index in [0.29, 0.717) is 39.8 Å². The van der Waals surface area contributed by atoms with Gasteiger partial charge in [0.2, 0.25) is 17.6 Å². The van der Waals surface area contributed by atoms with Gasteiger partial charge >= 0.3 is 0 Å². The Morgan fingerprint density at radius 3 is 2.85 bits per heavy atom. The van der Waals surface area contributed by atoms with Gasteiger partial charge in [0.05, 0.1) is 18.8 Å². The molecule has 1 aliphatic rings. The van der Waals surface area contributed by atoms with E-state index in [0.717, 1.165) is 19.4 Å². The van der Waals surface area contributed by atoms with Crippen molar-refractivity contribution in [1.82, 2.24) is 15.0 Å². The van der Waals surface area contributed by atoms with Crippen molar-refractivity contribution in [2.24, 2.45) is 0 Å². The lowest BCUT2D eigenvalue weighted by molar-refractivity contribution is -0.120. The highest BCUT2D eigenvalue weighted by Gasteiger charge is 2.32. The number of carbonyl (C=O) groups is 1. The zero-order chi connectivity index (χ0) is 18.8. The van der Waals surface area contributed by atoms with Crippen LogP contribution in [0.5, 0.6) is 0 Å². The Morgan fingerprint density at radius 2 is 2.11 bits per heavy atom. The number of amides is 1. The van der Waals surface area contributed by atoms with Crippen LogP contribution in [0.25, 0.3) is 11.6 Å². The number of halogens is 2. The summed E-state index contributed by atoms with van der Waals surface area (Å²) in [5, 5.41) is 7.74. The molecule has 1 aromatic carbocycles. The molecule has 7 nitrogen and oxygen atoms in total. The summed E-state index contributed by atoms with van der Waals surface area (Å²) < 4.78 is 10.6. The van der Waals surface area contributed by atoms with Crippen molar-refractivity contribution < 1.29 is 13.7 Å². The molecule has 0 radical (unpaired) electrons. The molecule has 1 unspecified atom stereocenters. The van der Waals surface area contributed by atoms with Crippen molar-refractivity contribution in [2.75, 3.05) is 11.9 Å². The van der Waals surface area contributed by atoms with E-state index >= 15 is 0 Å². The number of benzene rings is 1. The number of anilines is 1. The van der Waals surface area contributed by atoms with Crippen molar-refractivity contribution in [3.05, 3.63) is 52.5 Å². The van der Waals surface area contributed by atoms with Gasteiger partial charge in [-0.15, -0.1) is 0 Å². The Bertz CT molecular complexity index is 922. The van der Waals surface area contributed by atoms with Crippen LogP contribution in [0.3, 0.4) is 0 Å². The van der Waals surface area contributed by atoms with Crippen LogP contribution >= 0.6 is 23.2 Å². The lowest BCUT2D eigenvalue weighted by Gasteiger charge is -2.22. The standard InChI is InChI=1S/C18H16Cl2N4O3/c19-11-7-12(20)9-13(8-11)21-18(25)14-3-1-5-24(14)10-16-22-17(23-27-16)15-4-2-6-26-15/h2,4,6-9,14H,1,3,5,10H2,(H,21,25). The maximum absolute atomic E-state index is 12.7. The summed E-state index contributed by atoms with van der Waals surface area (Å²) in [6.45, 7) is 1.16. The molecule has 0 saturated carbocycles. The number of aromatic nitrogens is 2. The molecular formula is C18H16Cl2N4O3. The van der Waals surface area contributed by atoms with Gasteiger partial charge in [-0.3, -0.25) is 9.69 Å². The summed E-state index contributed by atoms with van der Waals surface area (Å²) in [5.41, 5.74) is 0.572. The van der Waals surface area contributed by atoms with E-state index in [1.54, 1.807) is 36.6 Å². The molecule has 1 saturated heterocycles. The summed E-state index contributed by atoms with van der Waals surface area (Å²) in [4.78, 5) is 19.1. The maximum atomic E-state index is 12.7. The molecule has 1 amide bonds. The van der Waals surface area contributed by atoms with E-state index in [1.165, 1.54) is 0 Å². The van der Waals surface area contributed by atoms with E-state index < -0.39 is 0 Å². The third-order valence-electron chi connectivity index (χ3n) is 4.34. The van der Waals surface area contributed by atoms with Crippen LogP contribution in [0.4, 0.5) is 5.69 Å². The topological polar surface area (TPSA) is 84.4 Å². The van der Waals surface area contributed by atoms with Gasteiger partial charge in [-0.2, -0.15) is 4.98 Å². The summed E-state index contributed by atoms with van der Waals surface area (Å²) in [5.74, 6) is 1.26. The Balaban J connectivity index is 1.43. The second-order valence-electron chi connectivity index (χ2n) is 6.26.